The molecule has 196 valence electrons. The summed E-state index contributed by atoms with van der Waals surface area (Å²) in [5, 5.41) is 10.6. The van der Waals surface area contributed by atoms with Crippen LogP contribution in [-0.4, -0.2) is 76.7 Å². The number of rotatable bonds is 6. The number of aryl methyl sites for hydroxylation is 1. The molecule has 12 heteroatoms. The van der Waals surface area contributed by atoms with Crippen molar-refractivity contribution in [1.29, 1.82) is 0 Å². The van der Waals surface area contributed by atoms with Crippen molar-refractivity contribution in [3.05, 3.63) is 40.8 Å². The molecule has 0 bridgehead atoms. The van der Waals surface area contributed by atoms with Gasteiger partial charge >= 0.3 is 12.1 Å². The number of alkyl halides is 3. The van der Waals surface area contributed by atoms with Crippen LogP contribution in [0.5, 0.6) is 0 Å². The summed E-state index contributed by atoms with van der Waals surface area (Å²) in [6, 6.07) is 2.05. The van der Waals surface area contributed by atoms with Crippen molar-refractivity contribution < 1.29 is 27.9 Å². The molecule has 2 aromatic rings. The number of carboxylic acid groups (broad SMARTS) is 1. The Kier molecular flexibility index (Phi) is 8.70. The van der Waals surface area contributed by atoms with Gasteiger partial charge in [0.05, 0.1) is 5.56 Å². The molecule has 0 aromatic carbocycles. The molecule has 1 amide bonds. The molecule has 9 nitrogen and oxygen atoms in total. The molecule has 1 aliphatic heterocycles. The van der Waals surface area contributed by atoms with E-state index in [9.17, 15) is 18.0 Å². The molecular weight excluding hydrogens is 477 g/mol. The maximum Gasteiger partial charge on any atom is 0.490 e. The van der Waals surface area contributed by atoms with E-state index in [-0.39, 0.29) is 5.91 Å². The minimum Gasteiger partial charge on any atom is -0.475 e. The van der Waals surface area contributed by atoms with Crippen LogP contribution in [0, 0.1) is 5.92 Å². The second-order valence-corrected chi connectivity index (χ2v) is 9.05. The second kappa shape index (κ2) is 11.5. The minimum atomic E-state index is -5.08. The van der Waals surface area contributed by atoms with E-state index in [4.69, 9.17) is 14.9 Å². The topological polar surface area (TPSA) is 112 Å². The zero-order chi connectivity index (χ0) is 26.5. The van der Waals surface area contributed by atoms with Crippen LogP contribution in [0.25, 0.3) is 0 Å². The number of aliphatic carboxylic acids is 1. The van der Waals surface area contributed by atoms with E-state index in [2.05, 4.69) is 27.1 Å². The van der Waals surface area contributed by atoms with Crippen molar-refractivity contribution in [3.63, 3.8) is 0 Å². The average Bonchev–Trinajstić information content (AvgIpc) is 3.68. The number of hydrogen-bond donors (Lipinski definition) is 2. The van der Waals surface area contributed by atoms with Gasteiger partial charge in [-0.2, -0.15) is 13.2 Å². The molecular formula is C24H31F3N6O3. The third-order valence-corrected chi connectivity index (χ3v) is 5.98. The van der Waals surface area contributed by atoms with Gasteiger partial charge in [-0.05, 0) is 48.8 Å². The lowest BCUT2D eigenvalue weighted by atomic mass is 10.0. The number of carbonyl (C=O) groups excluding carboxylic acids is 1. The first-order chi connectivity index (χ1) is 17.0. The van der Waals surface area contributed by atoms with Gasteiger partial charge in [-0.15, -0.1) is 0 Å². The van der Waals surface area contributed by atoms with E-state index in [0.717, 1.165) is 73.4 Å². The Balaban J connectivity index is 0.000000454. The highest BCUT2D eigenvalue weighted by Crippen LogP contribution is 2.30. The highest BCUT2D eigenvalue weighted by Gasteiger charge is 2.38. The lowest BCUT2D eigenvalue weighted by molar-refractivity contribution is -0.192. The Bertz CT molecular complexity index is 1070. The van der Waals surface area contributed by atoms with E-state index in [1.54, 1.807) is 19.0 Å². The molecule has 1 aliphatic carbocycles. The summed E-state index contributed by atoms with van der Waals surface area (Å²) in [6.07, 6.45) is 3.86. The largest absolute Gasteiger partial charge is 0.490 e. The summed E-state index contributed by atoms with van der Waals surface area (Å²) in [4.78, 5) is 39.5. The van der Waals surface area contributed by atoms with E-state index in [1.807, 2.05) is 18.5 Å². The van der Waals surface area contributed by atoms with Gasteiger partial charge in [0, 0.05) is 58.2 Å². The van der Waals surface area contributed by atoms with Crippen LogP contribution < -0.4 is 10.2 Å². The number of fused-ring (bicyclic) bond motifs is 1. The van der Waals surface area contributed by atoms with Crippen LogP contribution in [0.4, 0.5) is 24.9 Å². The third-order valence-electron chi connectivity index (χ3n) is 5.98. The Hall–Kier alpha value is -3.44. The highest BCUT2D eigenvalue weighted by molar-refractivity contribution is 5.98. The number of amides is 1. The van der Waals surface area contributed by atoms with Crippen LogP contribution in [0.1, 0.15) is 46.9 Å². The van der Waals surface area contributed by atoms with Gasteiger partial charge in [0.1, 0.15) is 5.82 Å². The Morgan fingerprint density at radius 2 is 1.78 bits per heavy atom. The maximum absolute atomic E-state index is 12.8. The van der Waals surface area contributed by atoms with Gasteiger partial charge in [0.15, 0.2) is 0 Å². The van der Waals surface area contributed by atoms with E-state index >= 15 is 0 Å². The number of nitrogens with one attached hydrogen (secondary N) is 1. The summed E-state index contributed by atoms with van der Waals surface area (Å²) in [6.45, 7) is 4.65. The third kappa shape index (κ3) is 7.28. The molecule has 3 heterocycles. The number of pyridine rings is 1. The zero-order valence-electron chi connectivity index (χ0n) is 20.6. The number of nitrogens with zero attached hydrogens (tertiary/aromatic N) is 5. The summed E-state index contributed by atoms with van der Waals surface area (Å²) >= 11 is 0. The van der Waals surface area contributed by atoms with E-state index in [0.29, 0.717) is 5.56 Å². The smallest absolute Gasteiger partial charge is 0.475 e. The van der Waals surface area contributed by atoms with E-state index < -0.39 is 12.1 Å². The van der Waals surface area contributed by atoms with Crippen molar-refractivity contribution in [3.8, 4) is 0 Å². The van der Waals surface area contributed by atoms with Crippen LogP contribution in [0.15, 0.2) is 18.5 Å². The van der Waals surface area contributed by atoms with Crippen LogP contribution in [-0.2, 0) is 24.1 Å². The number of halogens is 3. The van der Waals surface area contributed by atoms with Gasteiger partial charge in [-0.1, -0.05) is 6.92 Å². The number of anilines is 2. The standard InChI is InChI=1S/C22H30N6O.C2HF3O2/c1-4-15-12-24-22(25-13-15)28-9-7-17-11-18(21(29)27(2)3)20(23-14-16-5-6-16)26-19(17)8-10-28;3-2(4,5)1(6)7/h11-13,16H,4-10,14H2,1-3H3,(H,23,26);(H,6,7). The molecule has 0 unspecified atom stereocenters. The predicted molar refractivity (Wildman–Crippen MR) is 128 cm³/mol. The van der Waals surface area contributed by atoms with Crippen molar-refractivity contribution in [2.75, 3.05) is 43.9 Å². The lowest BCUT2D eigenvalue weighted by Crippen LogP contribution is -2.27. The first-order valence-electron chi connectivity index (χ1n) is 11.8. The fourth-order valence-corrected chi connectivity index (χ4v) is 3.63. The normalized spacial score (nSPS) is 15.2. The summed E-state index contributed by atoms with van der Waals surface area (Å²) < 4.78 is 31.7. The van der Waals surface area contributed by atoms with Crippen LogP contribution >= 0.6 is 0 Å². The first kappa shape index (κ1) is 27.2. The molecule has 2 aliphatic rings. The summed E-state index contributed by atoms with van der Waals surface area (Å²) in [7, 11) is 3.58. The van der Waals surface area contributed by atoms with Crippen molar-refractivity contribution in [1.82, 2.24) is 19.9 Å². The monoisotopic (exact) mass is 508 g/mol. The Morgan fingerprint density at radius 3 is 2.31 bits per heavy atom. The van der Waals surface area contributed by atoms with Crippen LogP contribution in [0.2, 0.25) is 0 Å². The molecule has 0 atom stereocenters. The first-order valence-corrected chi connectivity index (χ1v) is 11.8. The SMILES string of the molecule is CCc1cnc(N2CCc3cc(C(=O)N(C)C)c(NCC4CC4)nc3CC2)nc1.O=C(O)C(F)(F)F. The average molecular weight is 509 g/mol. The van der Waals surface area contributed by atoms with Gasteiger partial charge in [-0.25, -0.2) is 19.7 Å². The minimum absolute atomic E-state index is 0.00168. The fourth-order valence-electron chi connectivity index (χ4n) is 3.63. The summed E-state index contributed by atoms with van der Waals surface area (Å²) in [5.41, 5.74) is 4.05. The van der Waals surface area contributed by atoms with E-state index in [1.165, 1.54) is 12.8 Å². The molecule has 4 rings (SSSR count). The molecule has 1 fully saturated rings. The molecule has 2 N–H and O–H groups in total. The Labute approximate surface area is 207 Å². The zero-order valence-corrected chi connectivity index (χ0v) is 20.6. The maximum atomic E-state index is 12.8. The molecule has 2 aromatic heterocycles. The van der Waals surface area contributed by atoms with Gasteiger partial charge < -0.3 is 20.2 Å². The lowest BCUT2D eigenvalue weighted by Gasteiger charge is -2.19. The van der Waals surface area contributed by atoms with Gasteiger partial charge in [0.2, 0.25) is 5.95 Å². The predicted octanol–water partition coefficient (Wildman–Crippen LogP) is 3.20. The molecule has 36 heavy (non-hydrogen) atoms. The number of carbonyl (C=O) groups is 2. The fraction of sp³-hybridized carbons (Fsp3) is 0.542. The van der Waals surface area contributed by atoms with Gasteiger partial charge in [-0.3, -0.25) is 4.79 Å². The molecule has 1 saturated carbocycles. The van der Waals surface area contributed by atoms with Crippen molar-refractivity contribution in [2.45, 2.75) is 45.2 Å². The van der Waals surface area contributed by atoms with Gasteiger partial charge in [0.25, 0.3) is 5.91 Å². The highest BCUT2D eigenvalue weighted by atomic mass is 19.4. The number of hydrogen-bond acceptors (Lipinski definition) is 7. The molecule has 0 saturated heterocycles. The van der Waals surface area contributed by atoms with Crippen LogP contribution in [0.3, 0.4) is 0 Å². The molecule has 0 spiro atoms. The van der Waals surface area contributed by atoms with Crippen molar-refractivity contribution >= 4 is 23.6 Å². The number of carboxylic acids is 1. The second-order valence-electron chi connectivity index (χ2n) is 9.05. The number of aromatic nitrogens is 3. The Morgan fingerprint density at radius 1 is 1.17 bits per heavy atom. The summed E-state index contributed by atoms with van der Waals surface area (Å²) in [5.74, 6) is -0.541. The quantitative estimate of drug-likeness (QED) is 0.612. The van der Waals surface area contributed by atoms with Crippen molar-refractivity contribution in [2.24, 2.45) is 5.92 Å². The molecule has 0 radical (unpaired) electrons.